The van der Waals surface area contributed by atoms with Crippen molar-refractivity contribution in [1.82, 2.24) is 5.32 Å². The van der Waals surface area contributed by atoms with E-state index >= 15 is 0 Å². The molecule has 1 nitrogen and oxygen atoms in total. The van der Waals surface area contributed by atoms with E-state index in [2.05, 4.69) is 5.32 Å². The topological polar surface area (TPSA) is 12.0 Å². The molecule has 1 saturated heterocycles. The third-order valence-corrected chi connectivity index (χ3v) is 1.99. The molecule has 10 heavy (non-hydrogen) atoms. The second-order valence-corrected chi connectivity index (χ2v) is 2.86. The van der Waals surface area contributed by atoms with Gasteiger partial charge in [-0.15, -0.1) is 0 Å². The SMILES string of the molecule is C[C@]1(C(F)(F)F)CCCN1. The Morgan fingerprint density at radius 2 is 2.00 bits per heavy atom. The van der Waals surface area contributed by atoms with E-state index in [1.807, 2.05) is 0 Å². The Kier molecular flexibility index (Phi) is 1.66. The van der Waals surface area contributed by atoms with Gasteiger partial charge in [-0.2, -0.15) is 13.2 Å². The quantitative estimate of drug-likeness (QED) is 0.558. The third kappa shape index (κ3) is 1.12. The molecule has 0 amide bonds. The lowest BCUT2D eigenvalue weighted by molar-refractivity contribution is -0.186. The van der Waals surface area contributed by atoms with Crippen molar-refractivity contribution in [3.63, 3.8) is 0 Å². The molecule has 1 rings (SSSR count). The van der Waals surface area contributed by atoms with E-state index in [-0.39, 0.29) is 6.42 Å². The smallest absolute Gasteiger partial charge is 0.304 e. The standard InChI is InChI=1S/C6H10F3N/c1-5(6(7,8)9)3-2-4-10-5/h10H,2-4H2,1H3/t5-/m1/s1. The molecule has 60 valence electrons. The first-order valence-electron chi connectivity index (χ1n) is 3.27. The Bertz CT molecular complexity index is 123. The van der Waals surface area contributed by atoms with Gasteiger partial charge < -0.3 is 5.32 Å². The Hall–Kier alpha value is -0.250. The van der Waals surface area contributed by atoms with Gasteiger partial charge in [-0.05, 0) is 26.3 Å². The highest BCUT2D eigenvalue weighted by atomic mass is 19.4. The number of nitrogens with one attached hydrogen (secondary N) is 1. The molecule has 0 bridgehead atoms. The molecular weight excluding hydrogens is 143 g/mol. The minimum atomic E-state index is -4.09. The first-order chi connectivity index (χ1) is 4.46. The molecule has 1 aliphatic heterocycles. The summed E-state index contributed by atoms with van der Waals surface area (Å²) in [5.41, 5.74) is -1.62. The molecule has 1 fully saturated rings. The summed E-state index contributed by atoms with van der Waals surface area (Å²) in [4.78, 5) is 0. The summed E-state index contributed by atoms with van der Waals surface area (Å²) >= 11 is 0. The molecule has 1 atom stereocenters. The van der Waals surface area contributed by atoms with Gasteiger partial charge in [0.2, 0.25) is 0 Å². The van der Waals surface area contributed by atoms with Crippen LogP contribution in [0.15, 0.2) is 0 Å². The van der Waals surface area contributed by atoms with Crippen LogP contribution >= 0.6 is 0 Å². The van der Waals surface area contributed by atoms with Gasteiger partial charge in [-0.1, -0.05) is 0 Å². The highest BCUT2D eigenvalue weighted by Crippen LogP contribution is 2.36. The highest BCUT2D eigenvalue weighted by Gasteiger charge is 2.52. The van der Waals surface area contributed by atoms with Crippen LogP contribution in [0.1, 0.15) is 19.8 Å². The van der Waals surface area contributed by atoms with Crippen LogP contribution < -0.4 is 5.32 Å². The lowest BCUT2D eigenvalue weighted by atomic mass is 10.0. The fourth-order valence-corrected chi connectivity index (χ4v) is 1.14. The maximum atomic E-state index is 12.1. The van der Waals surface area contributed by atoms with E-state index in [1.54, 1.807) is 0 Å². The zero-order valence-corrected chi connectivity index (χ0v) is 5.76. The molecular formula is C6H10F3N. The first-order valence-corrected chi connectivity index (χ1v) is 3.27. The average Bonchev–Trinajstić information content (AvgIpc) is 2.13. The van der Waals surface area contributed by atoms with E-state index in [4.69, 9.17) is 0 Å². The summed E-state index contributed by atoms with van der Waals surface area (Å²) in [6.45, 7) is 1.69. The van der Waals surface area contributed by atoms with Crippen LogP contribution in [0.4, 0.5) is 13.2 Å². The summed E-state index contributed by atoms with van der Waals surface area (Å²) in [6, 6.07) is 0. The fraction of sp³-hybridized carbons (Fsp3) is 1.00. The lowest BCUT2D eigenvalue weighted by Crippen LogP contribution is -2.50. The first kappa shape index (κ1) is 7.85. The summed E-state index contributed by atoms with van der Waals surface area (Å²) in [5.74, 6) is 0. The van der Waals surface area contributed by atoms with Crippen LogP contribution in [0, 0.1) is 0 Å². The Morgan fingerprint density at radius 1 is 1.40 bits per heavy atom. The van der Waals surface area contributed by atoms with Crippen molar-refractivity contribution >= 4 is 0 Å². The van der Waals surface area contributed by atoms with Crippen LogP contribution in [-0.2, 0) is 0 Å². The number of alkyl halides is 3. The Balaban J connectivity index is 2.67. The summed E-state index contributed by atoms with van der Waals surface area (Å²) in [5, 5.41) is 2.45. The average molecular weight is 153 g/mol. The normalized spacial score (nSPS) is 34.8. The summed E-state index contributed by atoms with van der Waals surface area (Å²) in [6.07, 6.45) is -3.27. The molecule has 0 aromatic rings. The molecule has 1 aliphatic rings. The van der Waals surface area contributed by atoms with Crippen LogP contribution in [0.25, 0.3) is 0 Å². The third-order valence-electron chi connectivity index (χ3n) is 1.99. The van der Waals surface area contributed by atoms with Gasteiger partial charge in [-0.25, -0.2) is 0 Å². The van der Waals surface area contributed by atoms with Crippen molar-refractivity contribution < 1.29 is 13.2 Å². The van der Waals surface area contributed by atoms with E-state index in [0.717, 1.165) is 0 Å². The summed E-state index contributed by atoms with van der Waals surface area (Å²) in [7, 11) is 0. The molecule has 0 saturated carbocycles. The van der Waals surface area contributed by atoms with Gasteiger partial charge in [0, 0.05) is 0 Å². The predicted molar refractivity (Wildman–Crippen MR) is 31.7 cm³/mol. The molecule has 0 unspecified atom stereocenters. The Labute approximate surface area is 57.6 Å². The zero-order valence-electron chi connectivity index (χ0n) is 5.76. The molecule has 0 spiro atoms. The van der Waals surface area contributed by atoms with Crippen molar-refractivity contribution in [3.05, 3.63) is 0 Å². The lowest BCUT2D eigenvalue weighted by Gasteiger charge is -2.26. The van der Waals surface area contributed by atoms with Gasteiger partial charge in [0.25, 0.3) is 0 Å². The number of halogens is 3. The van der Waals surface area contributed by atoms with Gasteiger partial charge >= 0.3 is 6.18 Å². The zero-order chi connectivity index (χ0) is 7.83. The number of hydrogen-bond acceptors (Lipinski definition) is 1. The van der Waals surface area contributed by atoms with Crippen molar-refractivity contribution in [2.75, 3.05) is 6.54 Å². The Morgan fingerprint density at radius 3 is 2.20 bits per heavy atom. The fourth-order valence-electron chi connectivity index (χ4n) is 1.14. The second-order valence-electron chi connectivity index (χ2n) is 2.86. The van der Waals surface area contributed by atoms with Crippen molar-refractivity contribution in [2.45, 2.75) is 31.5 Å². The number of rotatable bonds is 0. The second kappa shape index (κ2) is 2.12. The largest absolute Gasteiger partial charge is 0.406 e. The van der Waals surface area contributed by atoms with E-state index < -0.39 is 11.7 Å². The van der Waals surface area contributed by atoms with Gasteiger partial charge in [0.05, 0.1) is 0 Å². The maximum Gasteiger partial charge on any atom is 0.406 e. The van der Waals surface area contributed by atoms with Crippen LogP contribution in [-0.4, -0.2) is 18.3 Å². The van der Waals surface area contributed by atoms with Gasteiger partial charge in [0.1, 0.15) is 5.54 Å². The minimum Gasteiger partial charge on any atom is -0.304 e. The number of hydrogen-bond donors (Lipinski definition) is 1. The van der Waals surface area contributed by atoms with Crippen LogP contribution in [0.5, 0.6) is 0 Å². The van der Waals surface area contributed by atoms with Crippen molar-refractivity contribution in [3.8, 4) is 0 Å². The molecule has 4 heteroatoms. The van der Waals surface area contributed by atoms with E-state index in [0.29, 0.717) is 13.0 Å². The van der Waals surface area contributed by atoms with Gasteiger partial charge in [0.15, 0.2) is 0 Å². The monoisotopic (exact) mass is 153 g/mol. The maximum absolute atomic E-state index is 12.1. The van der Waals surface area contributed by atoms with Crippen LogP contribution in [0.3, 0.4) is 0 Å². The minimum absolute atomic E-state index is 0.205. The summed E-state index contributed by atoms with van der Waals surface area (Å²) < 4.78 is 36.2. The molecule has 0 aromatic heterocycles. The van der Waals surface area contributed by atoms with Gasteiger partial charge in [-0.3, -0.25) is 0 Å². The molecule has 1 heterocycles. The van der Waals surface area contributed by atoms with Crippen molar-refractivity contribution in [1.29, 1.82) is 0 Å². The van der Waals surface area contributed by atoms with E-state index in [9.17, 15) is 13.2 Å². The molecule has 0 radical (unpaired) electrons. The van der Waals surface area contributed by atoms with Crippen LogP contribution in [0.2, 0.25) is 0 Å². The van der Waals surface area contributed by atoms with E-state index in [1.165, 1.54) is 6.92 Å². The predicted octanol–water partition coefficient (Wildman–Crippen LogP) is 1.69. The molecule has 1 N–H and O–H groups in total. The highest BCUT2D eigenvalue weighted by molar-refractivity contribution is 4.94. The molecule has 0 aromatic carbocycles. The molecule has 0 aliphatic carbocycles. The van der Waals surface area contributed by atoms with Crippen molar-refractivity contribution in [2.24, 2.45) is 0 Å².